The van der Waals surface area contributed by atoms with Crippen LogP contribution in [-0.4, -0.2) is 34.5 Å². The van der Waals surface area contributed by atoms with Crippen molar-refractivity contribution in [2.75, 3.05) is 6.54 Å². The van der Waals surface area contributed by atoms with Gasteiger partial charge in [-0.25, -0.2) is 0 Å². The molecule has 3 N–H and O–H groups in total. The summed E-state index contributed by atoms with van der Waals surface area (Å²) in [4.78, 5) is 24.4. The maximum atomic E-state index is 12.3. The van der Waals surface area contributed by atoms with Crippen LogP contribution in [0, 0.1) is 0 Å². The highest BCUT2D eigenvalue weighted by molar-refractivity contribution is 5.83. The summed E-state index contributed by atoms with van der Waals surface area (Å²) in [6, 6.07) is 8.24. The monoisotopic (exact) mass is 264 g/mol. The van der Waals surface area contributed by atoms with Crippen molar-refractivity contribution in [3.63, 3.8) is 0 Å². The molecule has 1 rings (SSSR count). The molecular weight excluding hydrogens is 244 g/mol. The molecule has 0 radical (unpaired) electrons. The Hall–Kier alpha value is -1.88. The van der Waals surface area contributed by atoms with Gasteiger partial charge >= 0.3 is 5.97 Å². The van der Waals surface area contributed by atoms with Gasteiger partial charge < -0.3 is 15.7 Å². The number of amides is 1. The number of aliphatic carboxylic acids is 1. The van der Waals surface area contributed by atoms with E-state index in [1.807, 2.05) is 32.0 Å². The van der Waals surface area contributed by atoms with Gasteiger partial charge in [0.2, 0.25) is 5.91 Å². The van der Waals surface area contributed by atoms with Gasteiger partial charge in [0.05, 0.1) is 6.42 Å². The molecule has 0 saturated carbocycles. The predicted octanol–water partition coefficient (Wildman–Crippen LogP) is 1.40. The fraction of sp³-hybridized carbons (Fsp3) is 0.429. The van der Waals surface area contributed by atoms with Gasteiger partial charge in [0.25, 0.3) is 0 Å². The third-order valence-electron chi connectivity index (χ3n) is 2.90. The summed E-state index contributed by atoms with van der Waals surface area (Å²) < 4.78 is 0. The lowest BCUT2D eigenvalue weighted by molar-refractivity contribution is -0.139. The van der Waals surface area contributed by atoms with Crippen molar-refractivity contribution in [3.05, 3.63) is 35.9 Å². The standard InChI is InChI=1S/C14H20N2O3/c1-10(2)16(9-8-12(17)18)14(19)13(15)11-6-4-3-5-7-11/h3-7,10,13H,8-9,15H2,1-2H3,(H,17,18)/t13-/m0/s1. The first-order valence-corrected chi connectivity index (χ1v) is 6.26. The maximum Gasteiger partial charge on any atom is 0.305 e. The van der Waals surface area contributed by atoms with E-state index in [0.717, 1.165) is 5.56 Å². The quantitative estimate of drug-likeness (QED) is 0.813. The summed E-state index contributed by atoms with van der Waals surface area (Å²) in [6.07, 6.45) is -0.0779. The molecule has 1 aromatic carbocycles. The molecule has 0 fully saturated rings. The Bertz CT molecular complexity index is 432. The third kappa shape index (κ3) is 4.37. The Labute approximate surface area is 113 Å². The Morgan fingerprint density at radius 1 is 1.26 bits per heavy atom. The van der Waals surface area contributed by atoms with Gasteiger partial charge in [0.1, 0.15) is 6.04 Å². The first-order valence-electron chi connectivity index (χ1n) is 6.26. The number of carboxylic acid groups (broad SMARTS) is 1. The molecule has 0 heterocycles. The highest BCUT2D eigenvalue weighted by Crippen LogP contribution is 2.15. The number of carboxylic acids is 1. The molecule has 5 nitrogen and oxygen atoms in total. The van der Waals surface area contributed by atoms with E-state index in [9.17, 15) is 9.59 Å². The summed E-state index contributed by atoms with van der Waals surface area (Å²) in [5.74, 6) is -1.17. The van der Waals surface area contributed by atoms with Gasteiger partial charge in [-0.1, -0.05) is 30.3 Å². The Balaban J connectivity index is 2.79. The molecule has 0 aliphatic rings. The highest BCUT2D eigenvalue weighted by atomic mass is 16.4. The van der Waals surface area contributed by atoms with Crippen LogP contribution >= 0.6 is 0 Å². The molecule has 0 spiro atoms. The highest BCUT2D eigenvalue weighted by Gasteiger charge is 2.24. The molecular formula is C14H20N2O3. The summed E-state index contributed by atoms with van der Waals surface area (Å²) in [5.41, 5.74) is 6.68. The fourth-order valence-corrected chi connectivity index (χ4v) is 1.82. The van der Waals surface area contributed by atoms with Gasteiger partial charge in [0.15, 0.2) is 0 Å². The number of carbonyl (C=O) groups is 2. The van der Waals surface area contributed by atoms with Crippen molar-refractivity contribution >= 4 is 11.9 Å². The molecule has 5 heteroatoms. The van der Waals surface area contributed by atoms with Crippen LogP contribution in [0.2, 0.25) is 0 Å². The van der Waals surface area contributed by atoms with Crippen molar-refractivity contribution < 1.29 is 14.7 Å². The molecule has 1 atom stereocenters. The minimum atomic E-state index is -0.924. The normalized spacial score (nSPS) is 12.2. The molecule has 0 aliphatic heterocycles. The van der Waals surface area contributed by atoms with E-state index in [4.69, 9.17) is 10.8 Å². The Morgan fingerprint density at radius 2 is 1.84 bits per heavy atom. The minimum Gasteiger partial charge on any atom is -0.481 e. The number of hydrogen-bond donors (Lipinski definition) is 2. The van der Waals surface area contributed by atoms with E-state index in [-0.39, 0.29) is 24.9 Å². The van der Waals surface area contributed by atoms with E-state index in [1.165, 1.54) is 4.90 Å². The summed E-state index contributed by atoms with van der Waals surface area (Å²) in [5, 5.41) is 8.71. The molecule has 0 unspecified atom stereocenters. The van der Waals surface area contributed by atoms with Crippen molar-refractivity contribution in [1.29, 1.82) is 0 Å². The number of nitrogens with two attached hydrogens (primary N) is 1. The smallest absolute Gasteiger partial charge is 0.305 e. The fourth-order valence-electron chi connectivity index (χ4n) is 1.82. The van der Waals surface area contributed by atoms with Crippen LogP contribution in [0.1, 0.15) is 31.9 Å². The topological polar surface area (TPSA) is 83.6 Å². The van der Waals surface area contributed by atoms with Crippen LogP contribution in [0.4, 0.5) is 0 Å². The van der Waals surface area contributed by atoms with E-state index in [0.29, 0.717) is 0 Å². The predicted molar refractivity (Wildman–Crippen MR) is 72.5 cm³/mol. The van der Waals surface area contributed by atoms with Gasteiger partial charge in [-0.05, 0) is 19.4 Å². The maximum absolute atomic E-state index is 12.3. The zero-order chi connectivity index (χ0) is 14.4. The summed E-state index contributed by atoms with van der Waals surface area (Å²) in [7, 11) is 0. The van der Waals surface area contributed by atoms with Crippen LogP contribution in [0.25, 0.3) is 0 Å². The van der Waals surface area contributed by atoms with Crippen molar-refractivity contribution in [3.8, 4) is 0 Å². The summed E-state index contributed by atoms with van der Waals surface area (Å²) >= 11 is 0. The lowest BCUT2D eigenvalue weighted by Gasteiger charge is -2.29. The molecule has 104 valence electrons. The van der Waals surface area contributed by atoms with Crippen LogP contribution in [0.5, 0.6) is 0 Å². The number of nitrogens with zero attached hydrogens (tertiary/aromatic N) is 1. The number of benzene rings is 1. The average Bonchev–Trinajstić information content (AvgIpc) is 2.38. The molecule has 0 aromatic heterocycles. The SMILES string of the molecule is CC(C)N(CCC(=O)O)C(=O)[C@@H](N)c1ccccc1. The molecule has 1 amide bonds. The zero-order valence-corrected chi connectivity index (χ0v) is 11.2. The minimum absolute atomic E-state index is 0.0779. The Morgan fingerprint density at radius 3 is 2.32 bits per heavy atom. The van der Waals surface area contributed by atoms with Gasteiger partial charge in [-0.2, -0.15) is 0 Å². The third-order valence-corrected chi connectivity index (χ3v) is 2.90. The van der Waals surface area contributed by atoms with Gasteiger partial charge in [-0.15, -0.1) is 0 Å². The molecule has 0 saturated heterocycles. The first-order chi connectivity index (χ1) is 8.93. The largest absolute Gasteiger partial charge is 0.481 e. The lowest BCUT2D eigenvalue weighted by Crippen LogP contribution is -2.43. The second-order valence-electron chi connectivity index (χ2n) is 4.66. The number of rotatable bonds is 6. The Kier molecular flexibility index (Phi) is 5.51. The number of hydrogen-bond acceptors (Lipinski definition) is 3. The van der Waals surface area contributed by atoms with Crippen LogP contribution < -0.4 is 5.73 Å². The van der Waals surface area contributed by atoms with E-state index in [1.54, 1.807) is 12.1 Å². The van der Waals surface area contributed by atoms with Crippen LogP contribution in [0.3, 0.4) is 0 Å². The zero-order valence-electron chi connectivity index (χ0n) is 11.2. The number of carbonyl (C=O) groups excluding carboxylic acids is 1. The van der Waals surface area contributed by atoms with E-state index in [2.05, 4.69) is 0 Å². The van der Waals surface area contributed by atoms with E-state index >= 15 is 0 Å². The molecule has 1 aromatic rings. The summed E-state index contributed by atoms with van der Waals surface area (Å²) in [6.45, 7) is 3.86. The molecule has 0 aliphatic carbocycles. The lowest BCUT2D eigenvalue weighted by atomic mass is 10.1. The van der Waals surface area contributed by atoms with Crippen molar-refractivity contribution in [2.24, 2.45) is 5.73 Å². The van der Waals surface area contributed by atoms with Gasteiger partial charge in [-0.3, -0.25) is 9.59 Å². The van der Waals surface area contributed by atoms with Gasteiger partial charge in [0, 0.05) is 12.6 Å². The average molecular weight is 264 g/mol. The van der Waals surface area contributed by atoms with E-state index < -0.39 is 12.0 Å². The molecule has 0 bridgehead atoms. The van der Waals surface area contributed by atoms with Crippen LogP contribution in [0.15, 0.2) is 30.3 Å². The van der Waals surface area contributed by atoms with Crippen molar-refractivity contribution in [2.45, 2.75) is 32.4 Å². The second-order valence-corrected chi connectivity index (χ2v) is 4.66. The molecule has 19 heavy (non-hydrogen) atoms. The first kappa shape index (κ1) is 15.2. The second kappa shape index (κ2) is 6.89. The van der Waals surface area contributed by atoms with Crippen LogP contribution in [-0.2, 0) is 9.59 Å². The van der Waals surface area contributed by atoms with Crippen molar-refractivity contribution in [1.82, 2.24) is 4.90 Å².